The van der Waals surface area contributed by atoms with E-state index in [1.54, 1.807) is 12.1 Å². The van der Waals surface area contributed by atoms with Crippen molar-refractivity contribution in [3.63, 3.8) is 0 Å². The van der Waals surface area contributed by atoms with Gasteiger partial charge in [-0.25, -0.2) is 4.39 Å². The van der Waals surface area contributed by atoms with E-state index in [0.717, 1.165) is 23.0 Å². The molecule has 0 saturated heterocycles. The number of rotatable bonds is 1. The monoisotopic (exact) mass is 177 g/mol. The number of halogens is 1. The van der Waals surface area contributed by atoms with Gasteiger partial charge in [0.2, 0.25) is 0 Å². The molecule has 13 heavy (non-hydrogen) atoms. The fourth-order valence-electron chi connectivity index (χ4n) is 1.71. The minimum atomic E-state index is -0.154. The zero-order valence-corrected chi connectivity index (χ0v) is 7.84. The molecule has 0 radical (unpaired) electrons. The van der Waals surface area contributed by atoms with Gasteiger partial charge in [0.15, 0.2) is 0 Å². The van der Waals surface area contributed by atoms with Gasteiger partial charge < -0.3 is 4.57 Å². The molecule has 0 N–H and O–H groups in total. The summed E-state index contributed by atoms with van der Waals surface area (Å²) in [5, 5.41) is 1.14. The molecule has 1 heterocycles. The molecule has 0 spiro atoms. The van der Waals surface area contributed by atoms with Gasteiger partial charge in [0.25, 0.3) is 0 Å². The molecule has 2 heteroatoms. The molecule has 1 aromatic carbocycles. The number of hydrogen-bond acceptors (Lipinski definition) is 0. The third-order valence-corrected chi connectivity index (χ3v) is 2.40. The van der Waals surface area contributed by atoms with Crippen molar-refractivity contribution in [1.82, 2.24) is 4.57 Å². The van der Waals surface area contributed by atoms with Crippen LogP contribution < -0.4 is 0 Å². The second-order valence-corrected chi connectivity index (χ2v) is 3.26. The second-order valence-electron chi connectivity index (χ2n) is 3.26. The van der Waals surface area contributed by atoms with E-state index in [-0.39, 0.29) is 5.82 Å². The van der Waals surface area contributed by atoms with Crippen molar-refractivity contribution in [2.75, 3.05) is 0 Å². The van der Waals surface area contributed by atoms with Gasteiger partial charge >= 0.3 is 0 Å². The van der Waals surface area contributed by atoms with Gasteiger partial charge in [-0.15, -0.1) is 0 Å². The molecule has 68 valence electrons. The number of aromatic nitrogens is 1. The van der Waals surface area contributed by atoms with E-state index >= 15 is 0 Å². The highest BCUT2D eigenvalue weighted by Gasteiger charge is 2.03. The Labute approximate surface area is 76.8 Å². The predicted octanol–water partition coefficient (Wildman–Crippen LogP) is 3.11. The molecule has 0 aliphatic rings. The zero-order valence-electron chi connectivity index (χ0n) is 7.84. The maximum atomic E-state index is 13.1. The molecule has 0 aliphatic carbocycles. The summed E-state index contributed by atoms with van der Waals surface area (Å²) in [5.41, 5.74) is 1.99. The lowest BCUT2D eigenvalue weighted by molar-refractivity contribution is 0.627. The molecule has 0 bridgehead atoms. The Bertz CT molecular complexity index is 443. The van der Waals surface area contributed by atoms with Crippen LogP contribution in [0.2, 0.25) is 0 Å². The van der Waals surface area contributed by atoms with Crippen molar-refractivity contribution in [2.24, 2.45) is 0 Å². The lowest BCUT2D eigenvalue weighted by Gasteiger charge is -2.02. The topological polar surface area (TPSA) is 4.93 Å². The third-order valence-electron chi connectivity index (χ3n) is 2.40. The molecule has 2 rings (SSSR count). The predicted molar refractivity (Wildman–Crippen MR) is 52.3 cm³/mol. The summed E-state index contributed by atoms with van der Waals surface area (Å²) in [6.07, 6.45) is 2.00. The number of fused-ring (bicyclic) bond motifs is 1. The Balaban J connectivity index is 2.82. The average Bonchev–Trinajstić information content (AvgIpc) is 2.47. The van der Waals surface area contributed by atoms with E-state index in [2.05, 4.69) is 6.92 Å². The highest BCUT2D eigenvalue weighted by atomic mass is 19.1. The molecule has 2 aromatic rings. The number of benzene rings is 1. The first-order valence-corrected chi connectivity index (χ1v) is 4.47. The molecule has 0 atom stereocenters. The summed E-state index contributed by atoms with van der Waals surface area (Å²) in [5.74, 6) is -0.154. The number of aryl methyl sites for hydroxylation is 2. The van der Waals surface area contributed by atoms with Gasteiger partial charge in [0.1, 0.15) is 5.82 Å². The Hall–Kier alpha value is -1.31. The second kappa shape index (κ2) is 2.87. The minimum Gasteiger partial charge on any atom is -0.348 e. The fraction of sp³-hybridized carbons (Fsp3) is 0.273. The van der Waals surface area contributed by atoms with Gasteiger partial charge in [-0.05, 0) is 37.6 Å². The maximum Gasteiger partial charge on any atom is 0.125 e. The van der Waals surface area contributed by atoms with Crippen LogP contribution in [0.3, 0.4) is 0 Å². The van der Waals surface area contributed by atoms with Crippen LogP contribution >= 0.6 is 0 Å². The van der Waals surface area contributed by atoms with Crippen molar-refractivity contribution in [3.05, 3.63) is 35.8 Å². The lowest BCUT2D eigenvalue weighted by Crippen LogP contribution is -1.91. The minimum absolute atomic E-state index is 0.154. The summed E-state index contributed by atoms with van der Waals surface area (Å²) in [6, 6.07) is 5.20. The van der Waals surface area contributed by atoms with Crippen LogP contribution in [0.1, 0.15) is 12.5 Å². The molecule has 0 amide bonds. The highest BCUT2D eigenvalue weighted by molar-refractivity contribution is 5.83. The Morgan fingerprint density at radius 2 is 2.15 bits per heavy atom. The van der Waals surface area contributed by atoms with E-state index in [9.17, 15) is 4.39 Å². The zero-order chi connectivity index (χ0) is 9.42. The van der Waals surface area contributed by atoms with Crippen LogP contribution in [0.5, 0.6) is 0 Å². The first-order chi connectivity index (χ1) is 6.22. The van der Waals surface area contributed by atoms with E-state index in [0.29, 0.717) is 0 Å². The molecule has 0 fully saturated rings. The van der Waals surface area contributed by atoms with Gasteiger partial charge in [-0.1, -0.05) is 0 Å². The van der Waals surface area contributed by atoms with Gasteiger partial charge in [-0.3, -0.25) is 0 Å². The van der Waals surface area contributed by atoms with Crippen molar-refractivity contribution in [3.8, 4) is 0 Å². The molecule has 0 unspecified atom stereocenters. The summed E-state index contributed by atoms with van der Waals surface area (Å²) >= 11 is 0. The molecule has 0 saturated carbocycles. The van der Waals surface area contributed by atoms with E-state index in [1.807, 2.05) is 23.8 Å². The average molecular weight is 177 g/mol. The SMILES string of the molecule is CCn1ccc2c(C)cc(F)cc21. The molecule has 1 aromatic heterocycles. The van der Waals surface area contributed by atoms with Crippen LogP contribution in [0.4, 0.5) is 4.39 Å². The van der Waals surface area contributed by atoms with Crippen LogP contribution in [0, 0.1) is 12.7 Å². The molecular formula is C11H12FN. The number of nitrogens with zero attached hydrogens (tertiary/aromatic N) is 1. The third kappa shape index (κ3) is 1.22. The van der Waals surface area contributed by atoms with Gasteiger partial charge in [-0.2, -0.15) is 0 Å². The standard InChI is InChI=1S/C11H12FN/c1-3-13-5-4-10-8(2)6-9(12)7-11(10)13/h4-7H,3H2,1-2H3. The largest absolute Gasteiger partial charge is 0.348 e. The van der Waals surface area contributed by atoms with E-state index in [1.165, 1.54) is 0 Å². The first-order valence-electron chi connectivity index (χ1n) is 4.47. The van der Waals surface area contributed by atoms with Crippen molar-refractivity contribution >= 4 is 10.9 Å². The molecule has 1 nitrogen and oxygen atoms in total. The Morgan fingerprint density at radius 3 is 2.85 bits per heavy atom. The Morgan fingerprint density at radius 1 is 1.38 bits per heavy atom. The fourth-order valence-corrected chi connectivity index (χ4v) is 1.71. The van der Waals surface area contributed by atoms with Crippen LogP contribution in [0.15, 0.2) is 24.4 Å². The summed E-state index contributed by atoms with van der Waals surface area (Å²) in [6.45, 7) is 4.87. The van der Waals surface area contributed by atoms with Crippen molar-refractivity contribution in [2.45, 2.75) is 20.4 Å². The van der Waals surface area contributed by atoms with Crippen LogP contribution in [-0.2, 0) is 6.54 Å². The van der Waals surface area contributed by atoms with Gasteiger partial charge in [0.05, 0.1) is 5.52 Å². The van der Waals surface area contributed by atoms with Gasteiger partial charge in [0, 0.05) is 18.1 Å². The van der Waals surface area contributed by atoms with E-state index < -0.39 is 0 Å². The van der Waals surface area contributed by atoms with E-state index in [4.69, 9.17) is 0 Å². The summed E-state index contributed by atoms with van der Waals surface area (Å²) in [7, 11) is 0. The normalized spacial score (nSPS) is 11.0. The lowest BCUT2D eigenvalue weighted by atomic mass is 10.1. The van der Waals surface area contributed by atoms with Crippen LogP contribution in [0.25, 0.3) is 10.9 Å². The summed E-state index contributed by atoms with van der Waals surface area (Å²) < 4.78 is 15.1. The Kier molecular flexibility index (Phi) is 1.83. The van der Waals surface area contributed by atoms with Crippen LogP contribution in [-0.4, -0.2) is 4.57 Å². The quantitative estimate of drug-likeness (QED) is 0.630. The van der Waals surface area contributed by atoms with Crippen molar-refractivity contribution in [1.29, 1.82) is 0 Å². The maximum absolute atomic E-state index is 13.1. The summed E-state index contributed by atoms with van der Waals surface area (Å²) in [4.78, 5) is 0. The molecular weight excluding hydrogens is 165 g/mol. The highest BCUT2D eigenvalue weighted by Crippen LogP contribution is 2.21. The number of hydrogen-bond donors (Lipinski definition) is 0. The smallest absolute Gasteiger partial charge is 0.125 e. The first kappa shape index (κ1) is 8.30. The van der Waals surface area contributed by atoms with Crippen molar-refractivity contribution < 1.29 is 4.39 Å². The molecule has 0 aliphatic heterocycles.